The van der Waals surface area contributed by atoms with Gasteiger partial charge in [0.15, 0.2) is 0 Å². The number of aldehydes is 1. The third kappa shape index (κ3) is 11.5. The molecule has 1 amide bonds. The van der Waals surface area contributed by atoms with Crippen molar-refractivity contribution in [2.45, 2.75) is 43.7 Å². The van der Waals surface area contributed by atoms with Crippen molar-refractivity contribution in [2.24, 2.45) is 0 Å². The molecule has 0 aromatic heterocycles. The molecule has 6 unspecified atom stereocenters. The number of aliphatic hydroxyl groups is 3. The number of hydrogen-bond acceptors (Lipinski definition) is 11. The van der Waals surface area contributed by atoms with Crippen LogP contribution in [0, 0.1) is 0 Å². The Hall–Kier alpha value is -0.440. The molecule has 0 fully saturated rings. The topological polar surface area (TPSA) is 137 Å². The standard InChI is InChI=1S/C16H35N5O5S2/c1-11(21(5)10-23)15(25)18-12(7-22)8-27-28-9-13(16(26)17-2)19-14(24)6-20(3)4/h7,10-19,24-26H,6,8-9H2,1-5H3. The Morgan fingerprint density at radius 3 is 2.11 bits per heavy atom. The molecule has 6 N–H and O–H groups in total. The van der Waals surface area contributed by atoms with Gasteiger partial charge in [0.1, 0.15) is 25.0 Å². The summed E-state index contributed by atoms with van der Waals surface area (Å²) in [6.45, 7) is 2.08. The molecule has 0 aliphatic carbocycles. The summed E-state index contributed by atoms with van der Waals surface area (Å²) in [4.78, 5) is 25.2. The highest BCUT2D eigenvalue weighted by Gasteiger charge is 2.23. The molecule has 0 saturated heterocycles. The predicted octanol–water partition coefficient (Wildman–Crippen LogP) is -2.30. The van der Waals surface area contributed by atoms with Crippen LogP contribution in [-0.4, -0.2) is 121 Å². The van der Waals surface area contributed by atoms with Crippen LogP contribution in [0.3, 0.4) is 0 Å². The van der Waals surface area contributed by atoms with Crippen LogP contribution in [0.4, 0.5) is 0 Å². The van der Waals surface area contributed by atoms with E-state index in [1.54, 1.807) is 21.0 Å². The van der Waals surface area contributed by atoms with Crippen molar-refractivity contribution in [3.8, 4) is 0 Å². The summed E-state index contributed by atoms with van der Waals surface area (Å²) >= 11 is 0. The molecule has 0 saturated carbocycles. The molecule has 6 atom stereocenters. The predicted molar refractivity (Wildman–Crippen MR) is 114 cm³/mol. The largest absolute Gasteiger partial charge is 0.377 e. The van der Waals surface area contributed by atoms with Crippen molar-refractivity contribution in [1.29, 1.82) is 0 Å². The lowest BCUT2D eigenvalue weighted by molar-refractivity contribution is -0.121. The summed E-state index contributed by atoms with van der Waals surface area (Å²) in [5.74, 6) is 0.876. The molecule has 0 heterocycles. The second-order valence-electron chi connectivity index (χ2n) is 6.72. The van der Waals surface area contributed by atoms with E-state index in [-0.39, 0.29) is 0 Å². The summed E-state index contributed by atoms with van der Waals surface area (Å²) in [7, 11) is 9.70. The fourth-order valence-electron chi connectivity index (χ4n) is 2.12. The van der Waals surface area contributed by atoms with Crippen molar-refractivity contribution < 1.29 is 24.9 Å². The van der Waals surface area contributed by atoms with Gasteiger partial charge in [-0.25, -0.2) is 0 Å². The molecule has 10 nitrogen and oxygen atoms in total. The van der Waals surface area contributed by atoms with Crippen molar-refractivity contribution in [1.82, 2.24) is 25.8 Å². The minimum Gasteiger partial charge on any atom is -0.377 e. The maximum absolute atomic E-state index is 11.3. The van der Waals surface area contributed by atoms with Crippen molar-refractivity contribution >= 4 is 34.3 Å². The van der Waals surface area contributed by atoms with Crippen LogP contribution in [0.2, 0.25) is 0 Å². The number of likely N-dealkylation sites (N-methyl/N-ethyl adjacent to an activating group) is 3. The highest BCUT2D eigenvalue weighted by molar-refractivity contribution is 8.76. The van der Waals surface area contributed by atoms with E-state index in [0.717, 1.165) is 0 Å². The molecule has 0 rings (SSSR count). The van der Waals surface area contributed by atoms with E-state index in [1.807, 2.05) is 19.0 Å². The lowest BCUT2D eigenvalue weighted by atomic mass is 10.2. The molecule has 0 aromatic rings. The van der Waals surface area contributed by atoms with Gasteiger partial charge in [0.2, 0.25) is 6.41 Å². The summed E-state index contributed by atoms with van der Waals surface area (Å²) in [6.07, 6.45) is -1.33. The smallest absolute Gasteiger partial charge is 0.209 e. The van der Waals surface area contributed by atoms with E-state index in [0.29, 0.717) is 30.7 Å². The van der Waals surface area contributed by atoms with E-state index in [4.69, 9.17) is 0 Å². The zero-order chi connectivity index (χ0) is 21.7. The molecule has 0 aromatic carbocycles. The van der Waals surface area contributed by atoms with Gasteiger partial charge in [-0.2, -0.15) is 0 Å². The first-order chi connectivity index (χ1) is 13.2. The fourth-order valence-corrected chi connectivity index (χ4v) is 4.52. The number of amides is 1. The van der Waals surface area contributed by atoms with Crippen LogP contribution in [0.25, 0.3) is 0 Å². The van der Waals surface area contributed by atoms with Gasteiger partial charge in [-0.15, -0.1) is 0 Å². The molecule has 28 heavy (non-hydrogen) atoms. The Morgan fingerprint density at radius 1 is 1.00 bits per heavy atom. The van der Waals surface area contributed by atoms with Crippen LogP contribution >= 0.6 is 21.6 Å². The Kier molecular flexibility index (Phi) is 15.2. The molecule has 12 heteroatoms. The quantitative estimate of drug-likeness (QED) is 0.0629. The van der Waals surface area contributed by atoms with Crippen molar-refractivity contribution in [3.63, 3.8) is 0 Å². The summed E-state index contributed by atoms with van der Waals surface area (Å²) in [5.41, 5.74) is 0. The van der Waals surface area contributed by atoms with Crippen molar-refractivity contribution in [2.75, 3.05) is 46.2 Å². The maximum atomic E-state index is 11.3. The molecule has 166 valence electrons. The van der Waals surface area contributed by atoms with Gasteiger partial charge in [0, 0.05) is 25.1 Å². The number of carbonyl (C=O) groups excluding carboxylic acids is 2. The normalized spacial score (nSPS) is 18.2. The van der Waals surface area contributed by atoms with Gasteiger partial charge < -0.3 is 29.9 Å². The number of nitrogens with zero attached hydrogens (tertiary/aromatic N) is 2. The molecule has 0 spiro atoms. The van der Waals surface area contributed by atoms with Gasteiger partial charge in [0.25, 0.3) is 0 Å². The van der Waals surface area contributed by atoms with Crippen LogP contribution < -0.4 is 16.0 Å². The lowest BCUT2D eigenvalue weighted by Crippen LogP contribution is -2.54. The van der Waals surface area contributed by atoms with Crippen LogP contribution in [0.1, 0.15) is 6.92 Å². The Morgan fingerprint density at radius 2 is 1.61 bits per heavy atom. The van der Waals surface area contributed by atoms with Crippen LogP contribution in [-0.2, 0) is 9.59 Å². The monoisotopic (exact) mass is 441 g/mol. The average molecular weight is 442 g/mol. The van der Waals surface area contributed by atoms with E-state index in [2.05, 4.69) is 16.0 Å². The molecule has 0 aliphatic heterocycles. The van der Waals surface area contributed by atoms with Gasteiger partial charge in [-0.3, -0.25) is 20.7 Å². The maximum Gasteiger partial charge on any atom is 0.209 e. The third-order valence-corrected chi connectivity index (χ3v) is 6.49. The second-order valence-corrected chi connectivity index (χ2v) is 9.27. The first-order valence-corrected chi connectivity index (χ1v) is 11.4. The highest BCUT2D eigenvalue weighted by atomic mass is 33.1. The minimum atomic E-state index is -1.03. The molecule has 0 radical (unpaired) electrons. The first kappa shape index (κ1) is 27.6. The third-order valence-electron chi connectivity index (χ3n) is 4.01. The SMILES string of the molecule is CNC(O)C(CSSCC(C=O)NC(O)C(C)N(C)C=O)NC(O)CN(C)C. The van der Waals surface area contributed by atoms with Gasteiger partial charge in [0.05, 0.1) is 18.1 Å². The number of aliphatic hydroxyl groups excluding tert-OH is 3. The zero-order valence-corrected chi connectivity index (χ0v) is 18.7. The summed E-state index contributed by atoms with van der Waals surface area (Å²) < 4.78 is 0. The lowest BCUT2D eigenvalue weighted by Gasteiger charge is -2.28. The van der Waals surface area contributed by atoms with Crippen molar-refractivity contribution in [3.05, 3.63) is 0 Å². The number of hydrogen-bond donors (Lipinski definition) is 6. The Labute approximate surface area is 175 Å². The van der Waals surface area contributed by atoms with Gasteiger partial charge in [-0.05, 0) is 28.1 Å². The highest BCUT2D eigenvalue weighted by Crippen LogP contribution is 2.23. The average Bonchev–Trinajstić information content (AvgIpc) is 2.66. The molecule has 0 aliphatic rings. The molecular weight excluding hydrogens is 406 g/mol. The Bertz CT molecular complexity index is 438. The fraction of sp³-hybridized carbons (Fsp3) is 0.875. The van der Waals surface area contributed by atoms with Gasteiger partial charge >= 0.3 is 0 Å². The number of nitrogens with one attached hydrogen (secondary N) is 3. The molecular formula is C16H35N5O5S2. The van der Waals surface area contributed by atoms with Gasteiger partial charge in [-0.1, -0.05) is 21.6 Å². The summed E-state index contributed by atoms with van der Waals surface area (Å²) in [5, 5.41) is 38.6. The van der Waals surface area contributed by atoms with Crippen LogP contribution in [0.5, 0.6) is 0 Å². The molecule has 0 bridgehead atoms. The van der Waals surface area contributed by atoms with E-state index in [9.17, 15) is 24.9 Å². The summed E-state index contributed by atoms with van der Waals surface area (Å²) in [6, 6.07) is -1.46. The van der Waals surface area contributed by atoms with E-state index >= 15 is 0 Å². The van der Waals surface area contributed by atoms with E-state index in [1.165, 1.54) is 26.5 Å². The Balaban J connectivity index is 4.43. The minimum absolute atomic E-state index is 0.394. The number of rotatable bonds is 17. The first-order valence-electron chi connectivity index (χ1n) is 8.91. The van der Waals surface area contributed by atoms with E-state index < -0.39 is 36.8 Å². The number of carbonyl (C=O) groups is 2. The second kappa shape index (κ2) is 15.4. The van der Waals surface area contributed by atoms with Crippen LogP contribution in [0.15, 0.2) is 0 Å². The zero-order valence-electron chi connectivity index (χ0n) is 17.1.